The Morgan fingerprint density at radius 1 is 0.737 bits per heavy atom. The molecule has 2 aromatic carbocycles. The summed E-state index contributed by atoms with van der Waals surface area (Å²) in [6.45, 7) is 1.36. The highest BCUT2D eigenvalue weighted by molar-refractivity contribution is 7.29. The second-order valence-corrected chi connectivity index (χ2v) is 5.74. The van der Waals surface area contributed by atoms with Crippen LogP contribution in [0.25, 0.3) is 11.1 Å². The van der Waals surface area contributed by atoms with Gasteiger partial charge < -0.3 is 9.47 Å². The molecule has 0 spiro atoms. The van der Waals surface area contributed by atoms with Crippen LogP contribution in [-0.4, -0.2) is 13.2 Å². The zero-order valence-corrected chi connectivity index (χ0v) is 12.9. The third kappa shape index (κ3) is 2.48. The van der Waals surface area contributed by atoms with E-state index in [1.165, 1.54) is 0 Å². The van der Waals surface area contributed by atoms with Crippen molar-refractivity contribution in [1.29, 1.82) is 0 Å². The monoisotopic (exact) mass is 290 g/mol. The van der Waals surface area contributed by atoms with Crippen molar-refractivity contribution >= 4 is 29.1 Å². The Balaban J connectivity index is 2.30. The summed E-state index contributed by atoms with van der Waals surface area (Å²) >= 11 is 0. The molecule has 4 heteroatoms. The average molecular weight is 290 g/mol. The number of ether oxygens (including phenoxy) is 2. The molecule has 2 aromatic rings. The van der Waals surface area contributed by atoms with Crippen LogP contribution in [0.1, 0.15) is 6.42 Å². The van der Waals surface area contributed by atoms with Crippen LogP contribution < -0.4 is 20.1 Å². The molecule has 0 saturated heterocycles. The lowest BCUT2D eigenvalue weighted by atomic mass is 10.0. The van der Waals surface area contributed by atoms with E-state index >= 15 is 0 Å². The fourth-order valence-electron chi connectivity index (χ4n) is 2.30. The van der Waals surface area contributed by atoms with Crippen LogP contribution in [0.5, 0.6) is 11.5 Å². The van der Waals surface area contributed by atoms with Crippen LogP contribution in [0.2, 0.25) is 0 Å². The summed E-state index contributed by atoms with van der Waals surface area (Å²) in [5, 5.41) is 2.25. The van der Waals surface area contributed by atoms with Gasteiger partial charge in [-0.1, -0.05) is 24.3 Å². The van der Waals surface area contributed by atoms with Crippen molar-refractivity contribution in [2.75, 3.05) is 13.2 Å². The van der Waals surface area contributed by atoms with Gasteiger partial charge in [-0.25, -0.2) is 0 Å². The second-order valence-electron chi connectivity index (χ2n) is 4.49. The third-order valence-electron chi connectivity index (χ3n) is 3.17. The van der Waals surface area contributed by atoms with E-state index in [1.807, 2.05) is 24.3 Å². The molecule has 0 amide bonds. The second kappa shape index (κ2) is 5.49. The highest BCUT2D eigenvalue weighted by Gasteiger charge is 2.18. The van der Waals surface area contributed by atoms with Gasteiger partial charge in [0, 0.05) is 17.5 Å². The van der Waals surface area contributed by atoms with Gasteiger partial charge >= 0.3 is 0 Å². The molecule has 0 aromatic heterocycles. The molecule has 1 aliphatic rings. The largest absolute Gasteiger partial charge is 0.493 e. The molecule has 1 heterocycles. The Bertz CT molecular complexity index is 558. The Morgan fingerprint density at radius 2 is 1.21 bits per heavy atom. The van der Waals surface area contributed by atoms with E-state index in [4.69, 9.17) is 9.47 Å². The molecular weight excluding hydrogens is 274 g/mol. The molecule has 0 radical (unpaired) electrons. The maximum absolute atomic E-state index is 5.90. The SMILES string of the molecule is Pc1cccc2c1-c1c(P)cccc1OCCCO2. The van der Waals surface area contributed by atoms with Crippen LogP contribution in [0, 0.1) is 0 Å². The predicted molar refractivity (Wildman–Crippen MR) is 86.2 cm³/mol. The molecule has 0 fully saturated rings. The number of hydrogen-bond acceptors (Lipinski definition) is 2. The minimum absolute atomic E-state index is 0.682. The molecule has 2 unspecified atom stereocenters. The van der Waals surface area contributed by atoms with E-state index in [2.05, 4.69) is 30.6 Å². The first kappa shape index (κ1) is 12.9. The summed E-state index contributed by atoms with van der Waals surface area (Å²) in [5.41, 5.74) is 2.21. The lowest BCUT2D eigenvalue weighted by Gasteiger charge is -2.16. The van der Waals surface area contributed by atoms with Crippen LogP contribution in [0.15, 0.2) is 36.4 Å². The lowest BCUT2D eigenvalue weighted by molar-refractivity contribution is 0.252. The molecule has 0 N–H and O–H groups in total. The Labute approximate surface area is 117 Å². The van der Waals surface area contributed by atoms with E-state index in [0.717, 1.165) is 39.7 Å². The maximum atomic E-state index is 5.90. The van der Waals surface area contributed by atoms with Crippen molar-refractivity contribution < 1.29 is 9.47 Å². The fourth-order valence-corrected chi connectivity index (χ4v) is 3.09. The Hall–Kier alpha value is -1.10. The summed E-state index contributed by atoms with van der Waals surface area (Å²) in [5.74, 6) is 1.85. The quantitative estimate of drug-likeness (QED) is 0.694. The Morgan fingerprint density at radius 3 is 1.68 bits per heavy atom. The van der Waals surface area contributed by atoms with Gasteiger partial charge in [-0.3, -0.25) is 0 Å². The zero-order chi connectivity index (χ0) is 13.2. The molecule has 1 aliphatic heterocycles. The van der Waals surface area contributed by atoms with Crippen molar-refractivity contribution in [2.45, 2.75) is 6.42 Å². The number of hydrogen-bond donors (Lipinski definition) is 0. The average Bonchev–Trinajstić information content (AvgIpc) is 2.48. The fraction of sp³-hybridized carbons (Fsp3) is 0.200. The van der Waals surface area contributed by atoms with Crippen LogP contribution >= 0.6 is 18.5 Å². The molecule has 2 nitrogen and oxygen atoms in total. The maximum Gasteiger partial charge on any atom is 0.127 e. The molecule has 98 valence electrons. The smallest absolute Gasteiger partial charge is 0.127 e. The van der Waals surface area contributed by atoms with Gasteiger partial charge in [-0.2, -0.15) is 0 Å². The minimum atomic E-state index is 0.682. The standard InChI is InChI=1S/C15H16O2P2/c18-12-6-1-4-10-14(12)15-11(5-2-7-13(15)19)17-9-3-8-16-10/h1-2,4-7H,3,8-9,18-19H2. The Kier molecular flexibility index (Phi) is 3.73. The molecule has 0 bridgehead atoms. The lowest BCUT2D eigenvalue weighted by Crippen LogP contribution is -2.07. The van der Waals surface area contributed by atoms with Gasteiger partial charge in [-0.05, 0) is 22.7 Å². The molecule has 2 atom stereocenters. The van der Waals surface area contributed by atoms with Crippen molar-refractivity contribution in [3.8, 4) is 22.6 Å². The van der Waals surface area contributed by atoms with Gasteiger partial charge in [0.1, 0.15) is 11.5 Å². The number of benzene rings is 2. The predicted octanol–water partition coefficient (Wildman–Crippen LogP) is 2.52. The van der Waals surface area contributed by atoms with Crippen LogP contribution in [-0.2, 0) is 0 Å². The van der Waals surface area contributed by atoms with E-state index in [-0.39, 0.29) is 0 Å². The summed E-state index contributed by atoms with van der Waals surface area (Å²) in [6.07, 6.45) is 0.890. The highest BCUT2D eigenvalue weighted by atomic mass is 31.0. The summed E-state index contributed by atoms with van der Waals surface area (Å²) in [4.78, 5) is 0. The summed E-state index contributed by atoms with van der Waals surface area (Å²) in [7, 11) is 5.57. The van der Waals surface area contributed by atoms with Crippen molar-refractivity contribution in [1.82, 2.24) is 0 Å². The van der Waals surface area contributed by atoms with Gasteiger partial charge in [-0.15, -0.1) is 18.5 Å². The topological polar surface area (TPSA) is 18.5 Å². The molecular formula is C15H16O2P2. The van der Waals surface area contributed by atoms with Gasteiger partial charge in [0.05, 0.1) is 13.2 Å². The van der Waals surface area contributed by atoms with E-state index in [1.54, 1.807) is 0 Å². The van der Waals surface area contributed by atoms with E-state index in [9.17, 15) is 0 Å². The number of rotatable bonds is 0. The van der Waals surface area contributed by atoms with Crippen molar-refractivity contribution in [2.24, 2.45) is 0 Å². The molecule has 3 rings (SSSR count). The highest BCUT2D eigenvalue weighted by Crippen LogP contribution is 2.36. The van der Waals surface area contributed by atoms with Crippen LogP contribution in [0.4, 0.5) is 0 Å². The van der Waals surface area contributed by atoms with Crippen molar-refractivity contribution in [3.63, 3.8) is 0 Å². The third-order valence-corrected chi connectivity index (χ3v) is 4.13. The first-order valence-corrected chi connectivity index (χ1v) is 7.46. The van der Waals surface area contributed by atoms with Gasteiger partial charge in [0.2, 0.25) is 0 Å². The van der Waals surface area contributed by atoms with Gasteiger partial charge in [0.15, 0.2) is 0 Å². The molecule has 0 aliphatic carbocycles. The van der Waals surface area contributed by atoms with Gasteiger partial charge in [0.25, 0.3) is 0 Å². The molecule has 0 saturated carbocycles. The first-order valence-electron chi connectivity index (χ1n) is 6.30. The first-order chi connectivity index (χ1) is 9.27. The minimum Gasteiger partial charge on any atom is -0.493 e. The van der Waals surface area contributed by atoms with E-state index in [0.29, 0.717) is 13.2 Å². The van der Waals surface area contributed by atoms with Crippen LogP contribution in [0.3, 0.4) is 0 Å². The normalized spacial score (nSPS) is 14.0. The summed E-state index contributed by atoms with van der Waals surface area (Å²) in [6, 6.07) is 12.2. The summed E-state index contributed by atoms with van der Waals surface area (Å²) < 4.78 is 11.8. The number of fused-ring (bicyclic) bond motifs is 3. The molecule has 19 heavy (non-hydrogen) atoms. The van der Waals surface area contributed by atoms with Crippen molar-refractivity contribution in [3.05, 3.63) is 36.4 Å². The van der Waals surface area contributed by atoms with E-state index < -0.39 is 0 Å². The zero-order valence-electron chi connectivity index (χ0n) is 10.6.